The van der Waals surface area contributed by atoms with Crippen molar-refractivity contribution in [3.63, 3.8) is 0 Å². The summed E-state index contributed by atoms with van der Waals surface area (Å²) in [6, 6.07) is 19.7. The molecule has 5 heteroatoms. The summed E-state index contributed by atoms with van der Waals surface area (Å²) in [5.41, 5.74) is 4.00. The number of ether oxygens (including phenoxy) is 1. The van der Waals surface area contributed by atoms with Gasteiger partial charge in [0.2, 0.25) is 0 Å². The molecule has 5 nitrogen and oxygen atoms in total. The van der Waals surface area contributed by atoms with Crippen molar-refractivity contribution >= 4 is 17.4 Å². The second kappa shape index (κ2) is 7.50. The zero-order valence-electron chi connectivity index (χ0n) is 15.2. The maximum atomic E-state index is 12.4. The average Bonchev–Trinajstić information content (AvgIpc) is 3.16. The highest BCUT2D eigenvalue weighted by Gasteiger charge is 2.20. The van der Waals surface area contributed by atoms with Gasteiger partial charge in [0.1, 0.15) is 11.6 Å². The Balaban J connectivity index is 1.44. The van der Waals surface area contributed by atoms with Crippen molar-refractivity contribution in [1.82, 2.24) is 10.3 Å². The van der Waals surface area contributed by atoms with Crippen LogP contribution in [0.2, 0.25) is 0 Å². The number of benzene rings is 2. The molecular formula is C22H21N3O2. The Morgan fingerprint density at radius 2 is 1.93 bits per heavy atom. The van der Waals surface area contributed by atoms with E-state index in [1.165, 1.54) is 11.3 Å². The molecule has 1 aromatic heterocycles. The summed E-state index contributed by atoms with van der Waals surface area (Å²) in [4.78, 5) is 19.1. The Kier molecular flexibility index (Phi) is 4.75. The SMILES string of the molecule is COc1ccccc1CNC(=O)c1ccc(N2CCc3ccccc32)nc1. The first kappa shape index (κ1) is 17.1. The van der Waals surface area contributed by atoms with Gasteiger partial charge in [0, 0.05) is 30.5 Å². The van der Waals surface area contributed by atoms with Crippen LogP contribution in [-0.4, -0.2) is 24.5 Å². The molecule has 0 saturated heterocycles. The molecule has 1 aliphatic heterocycles. The van der Waals surface area contributed by atoms with Crippen LogP contribution in [0.1, 0.15) is 21.5 Å². The fourth-order valence-corrected chi connectivity index (χ4v) is 3.38. The number of aromatic nitrogens is 1. The lowest BCUT2D eigenvalue weighted by atomic mass is 10.2. The summed E-state index contributed by atoms with van der Waals surface area (Å²) in [7, 11) is 1.62. The molecule has 2 aromatic carbocycles. The number of nitrogens with one attached hydrogen (secondary N) is 1. The van der Waals surface area contributed by atoms with Crippen LogP contribution >= 0.6 is 0 Å². The van der Waals surface area contributed by atoms with Crippen LogP contribution in [0.3, 0.4) is 0 Å². The van der Waals surface area contributed by atoms with Gasteiger partial charge in [-0.3, -0.25) is 4.79 Å². The van der Waals surface area contributed by atoms with E-state index in [1.807, 2.05) is 42.5 Å². The quantitative estimate of drug-likeness (QED) is 0.754. The lowest BCUT2D eigenvalue weighted by Crippen LogP contribution is -2.23. The number of rotatable bonds is 5. The first-order chi connectivity index (χ1) is 13.3. The second-order valence-corrected chi connectivity index (χ2v) is 6.43. The van der Waals surface area contributed by atoms with E-state index < -0.39 is 0 Å². The highest BCUT2D eigenvalue weighted by atomic mass is 16.5. The molecule has 4 rings (SSSR count). The summed E-state index contributed by atoms with van der Waals surface area (Å²) in [5.74, 6) is 1.47. The molecule has 1 aliphatic rings. The number of anilines is 2. The van der Waals surface area contributed by atoms with Crippen LogP contribution < -0.4 is 15.0 Å². The molecule has 136 valence electrons. The summed E-state index contributed by atoms with van der Waals surface area (Å²) < 4.78 is 5.32. The normalized spacial score (nSPS) is 12.6. The third-order valence-electron chi connectivity index (χ3n) is 4.81. The Labute approximate surface area is 158 Å². The van der Waals surface area contributed by atoms with Gasteiger partial charge in [0.15, 0.2) is 0 Å². The molecule has 1 N–H and O–H groups in total. The lowest BCUT2D eigenvalue weighted by Gasteiger charge is -2.18. The molecule has 0 spiro atoms. The summed E-state index contributed by atoms with van der Waals surface area (Å²) in [5, 5.41) is 2.92. The number of amides is 1. The van der Waals surface area contributed by atoms with Crippen molar-refractivity contribution in [2.75, 3.05) is 18.6 Å². The van der Waals surface area contributed by atoms with Crippen LogP contribution in [0.5, 0.6) is 5.75 Å². The van der Waals surface area contributed by atoms with Crippen molar-refractivity contribution in [2.45, 2.75) is 13.0 Å². The number of carbonyl (C=O) groups is 1. The van der Waals surface area contributed by atoms with Crippen LogP contribution in [-0.2, 0) is 13.0 Å². The van der Waals surface area contributed by atoms with E-state index in [-0.39, 0.29) is 5.91 Å². The predicted molar refractivity (Wildman–Crippen MR) is 106 cm³/mol. The highest BCUT2D eigenvalue weighted by Crippen LogP contribution is 2.32. The molecular weight excluding hydrogens is 338 g/mol. The maximum absolute atomic E-state index is 12.4. The number of carbonyl (C=O) groups excluding carboxylic acids is 1. The standard InChI is InChI=1S/C22H21N3O2/c1-27-20-9-5-3-7-17(20)14-24-22(26)18-10-11-21(23-15-18)25-13-12-16-6-2-4-8-19(16)25/h2-11,15H,12-14H2,1H3,(H,24,26). The molecule has 0 radical (unpaired) electrons. The van der Waals surface area contributed by atoms with E-state index in [1.54, 1.807) is 13.3 Å². The Bertz CT molecular complexity index is 954. The zero-order chi connectivity index (χ0) is 18.6. The van der Waals surface area contributed by atoms with Gasteiger partial charge >= 0.3 is 0 Å². The molecule has 0 unspecified atom stereocenters. The van der Waals surface area contributed by atoms with Gasteiger partial charge in [0.25, 0.3) is 5.91 Å². The Morgan fingerprint density at radius 1 is 1.11 bits per heavy atom. The molecule has 0 saturated carbocycles. The Hall–Kier alpha value is -3.34. The minimum Gasteiger partial charge on any atom is -0.496 e. The lowest BCUT2D eigenvalue weighted by molar-refractivity contribution is 0.0950. The summed E-state index contributed by atoms with van der Waals surface area (Å²) in [6.45, 7) is 1.32. The van der Waals surface area contributed by atoms with Crippen molar-refractivity contribution in [1.29, 1.82) is 0 Å². The van der Waals surface area contributed by atoms with Gasteiger partial charge in [-0.2, -0.15) is 0 Å². The predicted octanol–water partition coefficient (Wildman–Crippen LogP) is 3.71. The number of hydrogen-bond donors (Lipinski definition) is 1. The van der Waals surface area contributed by atoms with Crippen molar-refractivity contribution < 1.29 is 9.53 Å². The number of fused-ring (bicyclic) bond motifs is 1. The number of hydrogen-bond acceptors (Lipinski definition) is 4. The van der Waals surface area contributed by atoms with Crippen LogP contribution in [0.15, 0.2) is 66.9 Å². The molecule has 0 fully saturated rings. The van der Waals surface area contributed by atoms with E-state index in [0.717, 1.165) is 30.1 Å². The van der Waals surface area contributed by atoms with Gasteiger partial charge in [-0.05, 0) is 36.2 Å². The van der Waals surface area contributed by atoms with E-state index in [9.17, 15) is 4.79 Å². The molecule has 0 aliphatic carbocycles. The molecule has 2 heterocycles. The van der Waals surface area contributed by atoms with Crippen LogP contribution in [0, 0.1) is 0 Å². The van der Waals surface area contributed by atoms with Crippen molar-refractivity contribution in [3.05, 3.63) is 83.6 Å². The average molecular weight is 359 g/mol. The van der Waals surface area contributed by atoms with Crippen LogP contribution in [0.25, 0.3) is 0 Å². The van der Waals surface area contributed by atoms with E-state index in [0.29, 0.717) is 12.1 Å². The van der Waals surface area contributed by atoms with Crippen molar-refractivity contribution in [2.24, 2.45) is 0 Å². The largest absolute Gasteiger partial charge is 0.496 e. The molecule has 0 atom stereocenters. The van der Waals surface area contributed by atoms with E-state index in [4.69, 9.17) is 4.74 Å². The minimum atomic E-state index is -0.151. The van der Waals surface area contributed by atoms with Gasteiger partial charge in [-0.25, -0.2) is 4.98 Å². The summed E-state index contributed by atoms with van der Waals surface area (Å²) in [6.07, 6.45) is 2.65. The monoisotopic (exact) mass is 359 g/mol. The molecule has 27 heavy (non-hydrogen) atoms. The minimum absolute atomic E-state index is 0.151. The number of para-hydroxylation sites is 2. The number of methoxy groups -OCH3 is 1. The van der Waals surface area contributed by atoms with Gasteiger partial charge in [0.05, 0.1) is 12.7 Å². The third kappa shape index (κ3) is 3.49. The smallest absolute Gasteiger partial charge is 0.253 e. The van der Waals surface area contributed by atoms with E-state index >= 15 is 0 Å². The fourth-order valence-electron chi connectivity index (χ4n) is 3.38. The van der Waals surface area contributed by atoms with Crippen molar-refractivity contribution in [3.8, 4) is 5.75 Å². The van der Waals surface area contributed by atoms with Gasteiger partial charge in [-0.15, -0.1) is 0 Å². The summed E-state index contributed by atoms with van der Waals surface area (Å²) >= 11 is 0. The zero-order valence-corrected chi connectivity index (χ0v) is 15.2. The first-order valence-corrected chi connectivity index (χ1v) is 8.98. The molecule has 3 aromatic rings. The third-order valence-corrected chi connectivity index (χ3v) is 4.81. The highest BCUT2D eigenvalue weighted by molar-refractivity contribution is 5.94. The maximum Gasteiger partial charge on any atom is 0.253 e. The van der Waals surface area contributed by atoms with Gasteiger partial charge < -0.3 is 15.0 Å². The second-order valence-electron chi connectivity index (χ2n) is 6.43. The Morgan fingerprint density at radius 3 is 2.74 bits per heavy atom. The molecule has 0 bridgehead atoms. The topological polar surface area (TPSA) is 54.5 Å². The molecule has 1 amide bonds. The van der Waals surface area contributed by atoms with E-state index in [2.05, 4.69) is 33.4 Å². The first-order valence-electron chi connectivity index (χ1n) is 8.98. The number of pyridine rings is 1. The number of nitrogens with zero attached hydrogens (tertiary/aromatic N) is 2. The van der Waals surface area contributed by atoms with Crippen LogP contribution in [0.4, 0.5) is 11.5 Å². The fraction of sp³-hybridized carbons (Fsp3) is 0.182. The van der Waals surface area contributed by atoms with Gasteiger partial charge in [-0.1, -0.05) is 36.4 Å².